The molecule has 3 heteroatoms. The minimum Gasteiger partial charge on any atom is -0.265 e. The predicted molar refractivity (Wildman–Crippen MR) is 35.0 cm³/mol. The number of nitrogens with zero attached hydrogens (tertiary/aromatic N) is 1. The molecule has 0 saturated heterocycles. The van der Waals surface area contributed by atoms with Crippen LogP contribution in [0.4, 0.5) is 0 Å². The molecule has 0 unspecified atom stereocenters. The van der Waals surface area contributed by atoms with E-state index in [2.05, 4.69) is 4.98 Å². The smallest absolute Gasteiger partial charge is 0.0267 e. The van der Waals surface area contributed by atoms with Crippen molar-refractivity contribution >= 4 is 29.6 Å². The van der Waals surface area contributed by atoms with E-state index in [9.17, 15) is 0 Å². The van der Waals surface area contributed by atoms with Gasteiger partial charge in [-0.2, -0.15) is 0 Å². The summed E-state index contributed by atoms with van der Waals surface area (Å²) in [5.74, 6) is 0. The molecule has 2 N–H and O–H groups in total. The number of aromatic nitrogens is 1. The van der Waals surface area contributed by atoms with Crippen molar-refractivity contribution in [1.82, 2.24) is 4.98 Å². The number of pyridine rings is 1. The second-order valence-electron chi connectivity index (χ2n) is 1.02. The van der Waals surface area contributed by atoms with Crippen LogP contribution in [0.15, 0.2) is 30.6 Å². The first-order chi connectivity index (χ1) is 3.00. The zero-order valence-electron chi connectivity index (χ0n) is 3.83. The first-order valence-corrected chi connectivity index (χ1v) is 1.85. The first kappa shape index (κ1) is 11.0. The van der Waals surface area contributed by atoms with Gasteiger partial charge in [0.1, 0.15) is 0 Å². The molecular weight excluding hydrogens is 113 g/mol. The van der Waals surface area contributed by atoms with Crippen molar-refractivity contribution in [2.24, 2.45) is 0 Å². The van der Waals surface area contributed by atoms with E-state index >= 15 is 0 Å². The Labute approximate surface area is 70.5 Å². The number of hydrogen-bond donors (Lipinski definition) is 0. The van der Waals surface area contributed by atoms with Crippen molar-refractivity contribution < 1.29 is 5.48 Å². The van der Waals surface area contributed by atoms with Gasteiger partial charge in [-0.1, -0.05) is 6.07 Å². The Morgan fingerprint density at radius 3 is 1.50 bits per heavy atom. The summed E-state index contributed by atoms with van der Waals surface area (Å²) in [5.41, 5.74) is 0. The number of rotatable bonds is 0. The molecule has 40 valence electrons. The van der Waals surface area contributed by atoms with Gasteiger partial charge in [0.15, 0.2) is 0 Å². The first-order valence-electron chi connectivity index (χ1n) is 1.85. The minimum atomic E-state index is 0. The average molecular weight is 121 g/mol. The van der Waals surface area contributed by atoms with Gasteiger partial charge in [-0.25, -0.2) is 0 Å². The maximum Gasteiger partial charge on any atom is 0.0267 e. The summed E-state index contributed by atoms with van der Waals surface area (Å²) in [7, 11) is 0. The molecule has 0 spiro atoms. The van der Waals surface area contributed by atoms with Gasteiger partial charge >= 0.3 is 29.6 Å². The average Bonchev–Trinajstić information content (AvgIpc) is 1.72. The van der Waals surface area contributed by atoms with Crippen LogP contribution in [0, 0.1) is 0 Å². The molecule has 0 aliphatic heterocycles. The summed E-state index contributed by atoms with van der Waals surface area (Å²) in [4.78, 5) is 3.78. The van der Waals surface area contributed by atoms with Crippen LogP contribution < -0.4 is 0 Å². The van der Waals surface area contributed by atoms with Gasteiger partial charge in [0, 0.05) is 12.4 Å². The third kappa shape index (κ3) is 4.27. The van der Waals surface area contributed by atoms with Crippen LogP contribution >= 0.6 is 0 Å². The van der Waals surface area contributed by atoms with E-state index in [1.54, 1.807) is 12.4 Å². The molecule has 1 aromatic rings. The molecule has 1 rings (SSSR count). The summed E-state index contributed by atoms with van der Waals surface area (Å²) in [6.07, 6.45) is 3.50. The van der Waals surface area contributed by atoms with E-state index in [-0.39, 0.29) is 35.0 Å². The largest absolute Gasteiger partial charge is 0.265 e. The van der Waals surface area contributed by atoms with Gasteiger partial charge in [-0.3, -0.25) is 4.98 Å². The van der Waals surface area contributed by atoms with Crippen LogP contribution in [0.2, 0.25) is 0 Å². The molecule has 2 nitrogen and oxygen atoms in total. The molecule has 0 aliphatic carbocycles. The summed E-state index contributed by atoms with van der Waals surface area (Å²) in [6, 6.07) is 5.72. The predicted octanol–water partition coefficient (Wildman–Crippen LogP) is -0.392. The van der Waals surface area contributed by atoms with Gasteiger partial charge in [-0.05, 0) is 12.1 Å². The Morgan fingerprint density at radius 1 is 0.875 bits per heavy atom. The van der Waals surface area contributed by atoms with E-state index < -0.39 is 0 Å². The minimum absolute atomic E-state index is 0. The molecule has 8 heavy (non-hydrogen) atoms. The molecular formula is C5H8NNaO. The summed E-state index contributed by atoms with van der Waals surface area (Å²) < 4.78 is 0. The van der Waals surface area contributed by atoms with Gasteiger partial charge in [0.05, 0.1) is 0 Å². The standard InChI is InChI=1S/C5H5N.Na.H2O.H/c1-2-4-6-5-3-1;;;/h1-5H;;1H2;. The van der Waals surface area contributed by atoms with Crippen LogP contribution in [-0.2, 0) is 0 Å². The van der Waals surface area contributed by atoms with Crippen molar-refractivity contribution in [3.8, 4) is 0 Å². The molecule has 0 atom stereocenters. The SMILES string of the molecule is O.[NaH].c1ccncc1. The van der Waals surface area contributed by atoms with E-state index in [0.717, 1.165) is 0 Å². The van der Waals surface area contributed by atoms with E-state index in [1.165, 1.54) is 0 Å². The summed E-state index contributed by atoms with van der Waals surface area (Å²) >= 11 is 0. The molecule has 0 saturated carbocycles. The molecule has 0 aliphatic rings. The van der Waals surface area contributed by atoms with Crippen LogP contribution in [0.3, 0.4) is 0 Å². The fourth-order valence-electron chi connectivity index (χ4n) is 0.313. The van der Waals surface area contributed by atoms with Crippen LogP contribution in [0.25, 0.3) is 0 Å². The van der Waals surface area contributed by atoms with Crippen molar-refractivity contribution in [3.05, 3.63) is 30.6 Å². The molecule has 0 aromatic carbocycles. The van der Waals surface area contributed by atoms with E-state index in [0.29, 0.717) is 0 Å². The van der Waals surface area contributed by atoms with Gasteiger partial charge in [-0.15, -0.1) is 0 Å². The fourth-order valence-corrected chi connectivity index (χ4v) is 0.313. The van der Waals surface area contributed by atoms with Gasteiger partial charge in [0.2, 0.25) is 0 Å². The summed E-state index contributed by atoms with van der Waals surface area (Å²) in [5, 5.41) is 0. The Morgan fingerprint density at radius 2 is 1.38 bits per heavy atom. The van der Waals surface area contributed by atoms with Crippen molar-refractivity contribution in [2.75, 3.05) is 0 Å². The maximum atomic E-state index is 3.78. The van der Waals surface area contributed by atoms with E-state index in [1.807, 2.05) is 18.2 Å². The monoisotopic (exact) mass is 121 g/mol. The van der Waals surface area contributed by atoms with Gasteiger partial charge < -0.3 is 5.48 Å². The topological polar surface area (TPSA) is 44.4 Å². The van der Waals surface area contributed by atoms with Crippen molar-refractivity contribution in [2.45, 2.75) is 0 Å². The fraction of sp³-hybridized carbons (Fsp3) is 0. The van der Waals surface area contributed by atoms with Crippen molar-refractivity contribution in [3.63, 3.8) is 0 Å². The zero-order valence-corrected chi connectivity index (χ0v) is 3.83. The third-order valence-corrected chi connectivity index (χ3v) is 0.566. The third-order valence-electron chi connectivity index (χ3n) is 0.566. The molecule has 1 heterocycles. The molecule has 0 fully saturated rings. The van der Waals surface area contributed by atoms with E-state index in [4.69, 9.17) is 0 Å². The molecule has 0 bridgehead atoms. The number of hydrogen-bond acceptors (Lipinski definition) is 1. The van der Waals surface area contributed by atoms with Crippen LogP contribution in [-0.4, -0.2) is 40.0 Å². The molecule has 0 radical (unpaired) electrons. The maximum absolute atomic E-state index is 3.78. The second kappa shape index (κ2) is 7.11. The normalized spacial score (nSPS) is 6.00. The van der Waals surface area contributed by atoms with Crippen LogP contribution in [0.1, 0.15) is 0 Å². The molecule has 1 aromatic heterocycles. The van der Waals surface area contributed by atoms with Crippen LogP contribution in [0.5, 0.6) is 0 Å². The Bertz CT molecular complexity index is 84.4. The Kier molecular flexibility index (Phi) is 9.76. The summed E-state index contributed by atoms with van der Waals surface area (Å²) in [6.45, 7) is 0. The Hall–Kier alpha value is 0.110. The quantitative estimate of drug-likeness (QED) is 0.431. The Balaban J connectivity index is 0. The zero-order chi connectivity index (χ0) is 4.24. The van der Waals surface area contributed by atoms with Crippen molar-refractivity contribution in [1.29, 1.82) is 0 Å². The second-order valence-corrected chi connectivity index (χ2v) is 1.02. The van der Waals surface area contributed by atoms with Gasteiger partial charge in [0.25, 0.3) is 0 Å². The molecule has 0 amide bonds.